The number of methoxy groups -OCH3 is 1. The molecule has 0 bridgehead atoms. The molecule has 0 aliphatic heterocycles. The van der Waals surface area contributed by atoms with E-state index >= 15 is 0 Å². The average Bonchev–Trinajstić information content (AvgIpc) is 2.30. The van der Waals surface area contributed by atoms with Gasteiger partial charge in [-0.15, -0.1) is 0 Å². The van der Waals surface area contributed by atoms with Crippen molar-refractivity contribution in [3.8, 4) is 0 Å². The molecule has 0 aliphatic carbocycles. The Morgan fingerprint density at radius 1 is 1.41 bits per heavy atom. The van der Waals surface area contributed by atoms with E-state index in [0.29, 0.717) is 11.5 Å². The largest absolute Gasteiger partial charge is 0.384 e. The summed E-state index contributed by atoms with van der Waals surface area (Å²) in [6, 6.07) is 7.32. The van der Waals surface area contributed by atoms with Crippen LogP contribution in [0, 0.1) is 5.92 Å². The van der Waals surface area contributed by atoms with Crippen molar-refractivity contribution in [2.45, 2.75) is 13.5 Å². The van der Waals surface area contributed by atoms with Crippen molar-refractivity contribution >= 4 is 5.91 Å². The van der Waals surface area contributed by atoms with Crippen LogP contribution in [0.15, 0.2) is 24.3 Å². The molecule has 4 nitrogen and oxygen atoms in total. The number of carbonyl (C=O) groups excluding carboxylic acids is 1. The molecule has 94 valence electrons. The van der Waals surface area contributed by atoms with E-state index in [-0.39, 0.29) is 0 Å². The summed E-state index contributed by atoms with van der Waals surface area (Å²) < 4.78 is 5.06. The van der Waals surface area contributed by atoms with Gasteiger partial charge in [-0.3, -0.25) is 4.79 Å². The van der Waals surface area contributed by atoms with Gasteiger partial charge in [0.25, 0.3) is 0 Å². The minimum absolute atomic E-state index is 0.391. The van der Waals surface area contributed by atoms with Crippen molar-refractivity contribution in [3.05, 3.63) is 35.4 Å². The molecule has 1 amide bonds. The highest BCUT2D eigenvalue weighted by atomic mass is 16.5. The zero-order valence-corrected chi connectivity index (χ0v) is 10.4. The van der Waals surface area contributed by atoms with E-state index in [0.717, 1.165) is 25.3 Å². The van der Waals surface area contributed by atoms with Crippen LogP contribution in [-0.4, -0.2) is 26.2 Å². The van der Waals surface area contributed by atoms with Crippen molar-refractivity contribution in [2.24, 2.45) is 11.7 Å². The SMILES string of the molecule is COCC(C)CNCc1ccc(C(N)=O)cc1. The van der Waals surface area contributed by atoms with Crippen LogP contribution in [0.1, 0.15) is 22.8 Å². The second kappa shape index (κ2) is 7.04. The van der Waals surface area contributed by atoms with Gasteiger partial charge in [0.2, 0.25) is 5.91 Å². The minimum Gasteiger partial charge on any atom is -0.384 e. The fourth-order valence-electron chi connectivity index (χ4n) is 1.59. The quantitative estimate of drug-likeness (QED) is 0.746. The Bertz CT molecular complexity index is 349. The number of rotatable bonds is 7. The fourth-order valence-corrected chi connectivity index (χ4v) is 1.59. The number of amides is 1. The second-order valence-electron chi connectivity index (χ2n) is 4.25. The number of hydrogen-bond acceptors (Lipinski definition) is 3. The molecule has 0 saturated heterocycles. The number of hydrogen-bond donors (Lipinski definition) is 2. The van der Waals surface area contributed by atoms with Gasteiger partial charge in [0.15, 0.2) is 0 Å². The van der Waals surface area contributed by atoms with Crippen molar-refractivity contribution < 1.29 is 9.53 Å². The zero-order valence-electron chi connectivity index (χ0n) is 10.4. The molecule has 0 fully saturated rings. The first-order valence-corrected chi connectivity index (χ1v) is 5.72. The van der Waals surface area contributed by atoms with Gasteiger partial charge in [-0.2, -0.15) is 0 Å². The Morgan fingerprint density at radius 3 is 2.59 bits per heavy atom. The van der Waals surface area contributed by atoms with Crippen LogP contribution in [0.4, 0.5) is 0 Å². The molecule has 17 heavy (non-hydrogen) atoms. The summed E-state index contributed by atoms with van der Waals surface area (Å²) in [5, 5.41) is 3.34. The van der Waals surface area contributed by atoms with E-state index in [9.17, 15) is 4.79 Å². The van der Waals surface area contributed by atoms with Crippen LogP contribution in [0.2, 0.25) is 0 Å². The Kier molecular flexibility index (Phi) is 5.66. The third-order valence-corrected chi connectivity index (χ3v) is 2.51. The number of nitrogens with two attached hydrogens (primary N) is 1. The smallest absolute Gasteiger partial charge is 0.248 e. The molecule has 4 heteroatoms. The van der Waals surface area contributed by atoms with Crippen LogP contribution in [0.25, 0.3) is 0 Å². The molecule has 1 unspecified atom stereocenters. The van der Waals surface area contributed by atoms with Gasteiger partial charge in [0.05, 0.1) is 0 Å². The maximum atomic E-state index is 10.9. The molecule has 1 aromatic rings. The maximum Gasteiger partial charge on any atom is 0.248 e. The summed E-state index contributed by atoms with van der Waals surface area (Å²) >= 11 is 0. The first-order valence-electron chi connectivity index (χ1n) is 5.72. The van der Waals surface area contributed by atoms with E-state index < -0.39 is 5.91 Å². The number of benzene rings is 1. The van der Waals surface area contributed by atoms with Gasteiger partial charge in [-0.1, -0.05) is 19.1 Å². The molecule has 0 radical (unpaired) electrons. The first-order chi connectivity index (χ1) is 8.13. The van der Waals surface area contributed by atoms with Crippen molar-refractivity contribution in [1.29, 1.82) is 0 Å². The topological polar surface area (TPSA) is 64.3 Å². The Balaban J connectivity index is 2.34. The minimum atomic E-state index is -0.391. The summed E-state index contributed by atoms with van der Waals surface area (Å²) in [4.78, 5) is 10.9. The van der Waals surface area contributed by atoms with Gasteiger partial charge >= 0.3 is 0 Å². The fraction of sp³-hybridized carbons (Fsp3) is 0.462. The van der Waals surface area contributed by atoms with Gasteiger partial charge in [0, 0.05) is 32.4 Å². The number of primary amides is 1. The van der Waals surface area contributed by atoms with Crippen LogP contribution < -0.4 is 11.1 Å². The molecule has 3 N–H and O–H groups in total. The molecule has 0 aromatic heterocycles. The Labute approximate surface area is 102 Å². The van der Waals surface area contributed by atoms with Crippen LogP contribution in [-0.2, 0) is 11.3 Å². The van der Waals surface area contributed by atoms with E-state index in [2.05, 4.69) is 12.2 Å². The normalized spacial score (nSPS) is 12.4. The number of nitrogens with one attached hydrogen (secondary N) is 1. The number of carbonyl (C=O) groups is 1. The van der Waals surface area contributed by atoms with Gasteiger partial charge < -0.3 is 15.8 Å². The van der Waals surface area contributed by atoms with Crippen LogP contribution in [0.5, 0.6) is 0 Å². The first kappa shape index (κ1) is 13.7. The van der Waals surface area contributed by atoms with E-state index in [1.54, 1.807) is 19.2 Å². The lowest BCUT2D eigenvalue weighted by Crippen LogP contribution is -2.23. The predicted octanol–water partition coefficient (Wildman–Crippen LogP) is 1.16. The molecule has 0 aliphatic rings. The van der Waals surface area contributed by atoms with Crippen LogP contribution in [0.3, 0.4) is 0 Å². The lowest BCUT2D eigenvalue weighted by molar-refractivity contribution is 0.100. The summed E-state index contributed by atoms with van der Waals surface area (Å²) in [6.07, 6.45) is 0. The molecule has 0 spiro atoms. The van der Waals surface area contributed by atoms with E-state index in [4.69, 9.17) is 10.5 Å². The monoisotopic (exact) mass is 236 g/mol. The molecule has 1 aromatic carbocycles. The Morgan fingerprint density at radius 2 is 2.06 bits per heavy atom. The zero-order chi connectivity index (χ0) is 12.7. The van der Waals surface area contributed by atoms with Gasteiger partial charge in [-0.25, -0.2) is 0 Å². The highest BCUT2D eigenvalue weighted by Gasteiger charge is 2.02. The van der Waals surface area contributed by atoms with Gasteiger partial charge in [0.1, 0.15) is 0 Å². The summed E-state index contributed by atoms with van der Waals surface area (Å²) in [5.74, 6) is 0.100. The summed E-state index contributed by atoms with van der Waals surface area (Å²) in [7, 11) is 1.71. The lowest BCUT2D eigenvalue weighted by atomic mass is 10.1. The number of ether oxygens (including phenoxy) is 1. The van der Waals surface area contributed by atoms with Gasteiger partial charge in [-0.05, 0) is 23.6 Å². The standard InChI is InChI=1S/C13H20N2O2/c1-10(9-17-2)7-15-8-11-3-5-12(6-4-11)13(14)16/h3-6,10,15H,7-9H2,1-2H3,(H2,14,16). The van der Waals surface area contributed by atoms with Crippen molar-refractivity contribution in [1.82, 2.24) is 5.32 Å². The molecule has 1 rings (SSSR count). The predicted molar refractivity (Wildman–Crippen MR) is 67.7 cm³/mol. The average molecular weight is 236 g/mol. The van der Waals surface area contributed by atoms with E-state index in [1.807, 2.05) is 12.1 Å². The molecule has 0 saturated carbocycles. The maximum absolute atomic E-state index is 10.9. The molecule has 0 heterocycles. The van der Waals surface area contributed by atoms with Crippen molar-refractivity contribution in [2.75, 3.05) is 20.3 Å². The molecule has 1 atom stereocenters. The summed E-state index contributed by atoms with van der Waals surface area (Å²) in [5.41, 5.74) is 6.85. The third-order valence-electron chi connectivity index (χ3n) is 2.51. The van der Waals surface area contributed by atoms with Crippen molar-refractivity contribution in [3.63, 3.8) is 0 Å². The third kappa shape index (κ3) is 4.97. The highest BCUT2D eigenvalue weighted by molar-refractivity contribution is 5.92. The second-order valence-corrected chi connectivity index (χ2v) is 4.25. The van der Waals surface area contributed by atoms with E-state index in [1.165, 1.54) is 0 Å². The Hall–Kier alpha value is -1.39. The molecular weight excluding hydrogens is 216 g/mol. The molecular formula is C13H20N2O2. The summed E-state index contributed by atoms with van der Waals surface area (Å²) in [6.45, 7) is 4.58. The highest BCUT2D eigenvalue weighted by Crippen LogP contribution is 2.03. The lowest BCUT2D eigenvalue weighted by Gasteiger charge is -2.11. The van der Waals surface area contributed by atoms with Crippen LogP contribution >= 0.6 is 0 Å².